The van der Waals surface area contributed by atoms with Crippen LogP contribution in [0.1, 0.15) is 70.0 Å². The van der Waals surface area contributed by atoms with Crippen LogP contribution in [-0.2, 0) is 28.7 Å². The van der Waals surface area contributed by atoms with Gasteiger partial charge in [-0.3, -0.25) is 19.2 Å². The Hall–Kier alpha value is -3.02. The second-order valence-corrected chi connectivity index (χ2v) is 13.5. The average Bonchev–Trinajstić information content (AvgIpc) is 3.65. The number of alkyl halides is 1. The Morgan fingerprint density at radius 1 is 1.20 bits per heavy atom. The van der Waals surface area contributed by atoms with Crippen molar-refractivity contribution in [3.63, 3.8) is 0 Å². The first-order chi connectivity index (χ1) is 22.2. The van der Waals surface area contributed by atoms with E-state index in [4.69, 9.17) is 9.47 Å². The van der Waals surface area contributed by atoms with Gasteiger partial charge in [-0.25, -0.2) is 0 Å². The van der Waals surface area contributed by atoms with Gasteiger partial charge < -0.3 is 29.7 Å². The van der Waals surface area contributed by atoms with Gasteiger partial charge in [-0.1, -0.05) is 71.8 Å². The number of benzene rings is 1. The Balaban J connectivity index is 1.64. The van der Waals surface area contributed by atoms with Crippen molar-refractivity contribution in [2.45, 2.75) is 87.0 Å². The van der Waals surface area contributed by atoms with Gasteiger partial charge in [0.2, 0.25) is 17.7 Å². The van der Waals surface area contributed by atoms with Gasteiger partial charge in [0.25, 0.3) is 0 Å². The number of aliphatic hydroxyl groups is 1. The number of hydrogen-bond donors (Lipinski definition) is 2. The van der Waals surface area contributed by atoms with Gasteiger partial charge in [-0.2, -0.15) is 0 Å². The fourth-order valence-corrected chi connectivity index (χ4v) is 8.04. The summed E-state index contributed by atoms with van der Waals surface area (Å²) in [5.74, 6) is -3.09. The van der Waals surface area contributed by atoms with E-state index >= 15 is 0 Å². The summed E-state index contributed by atoms with van der Waals surface area (Å²) < 4.78 is 12.8. The second-order valence-electron chi connectivity index (χ2n) is 12.4. The van der Waals surface area contributed by atoms with E-state index < -0.39 is 41.7 Å². The van der Waals surface area contributed by atoms with Gasteiger partial charge in [0, 0.05) is 37.5 Å². The second kappa shape index (κ2) is 16.7. The van der Waals surface area contributed by atoms with E-state index in [0.29, 0.717) is 57.3 Å². The highest BCUT2D eigenvalue weighted by molar-refractivity contribution is 9.09. The van der Waals surface area contributed by atoms with E-state index in [1.807, 2.05) is 30.3 Å². The van der Waals surface area contributed by atoms with Gasteiger partial charge in [-0.05, 0) is 44.1 Å². The van der Waals surface area contributed by atoms with Crippen molar-refractivity contribution in [2.24, 2.45) is 11.8 Å². The van der Waals surface area contributed by atoms with Crippen molar-refractivity contribution in [1.82, 2.24) is 15.1 Å². The minimum atomic E-state index is -1.19. The van der Waals surface area contributed by atoms with Crippen molar-refractivity contribution in [2.75, 3.05) is 32.8 Å². The molecule has 252 valence electrons. The molecule has 1 aromatic carbocycles. The summed E-state index contributed by atoms with van der Waals surface area (Å²) in [6, 6.07) is 8.28. The zero-order valence-electron chi connectivity index (χ0n) is 26.8. The minimum absolute atomic E-state index is 0.0499. The van der Waals surface area contributed by atoms with Crippen LogP contribution in [0.15, 0.2) is 55.6 Å². The van der Waals surface area contributed by atoms with E-state index in [-0.39, 0.29) is 42.1 Å². The Labute approximate surface area is 280 Å². The lowest BCUT2D eigenvalue weighted by Gasteiger charge is -2.37. The number of nitrogens with zero attached hydrogens (tertiary/aromatic N) is 2. The summed E-state index contributed by atoms with van der Waals surface area (Å²) in [5, 5.41) is 12.2. The molecule has 4 rings (SSSR count). The number of hydrogen-bond acceptors (Lipinski definition) is 7. The number of carbonyl (C=O) groups excluding carboxylic acids is 4. The Morgan fingerprint density at radius 2 is 1.96 bits per heavy atom. The van der Waals surface area contributed by atoms with Gasteiger partial charge >= 0.3 is 5.97 Å². The van der Waals surface area contributed by atoms with Crippen molar-refractivity contribution in [1.29, 1.82) is 0 Å². The predicted octanol–water partition coefficient (Wildman–Crippen LogP) is 4.08. The summed E-state index contributed by atoms with van der Waals surface area (Å²) in [5.41, 5.74) is -0.484. The highest BCUT2D eigenvalue weighted by Crippen LogP contribution is 2.60. The van der Waals surface area contributed by atoms with E-state index in [9.17, 15) is 24.3 Å². The number of halogens is 1. The predicted molar refractivity (Wildman–Crippen MR) is 178 cm³/mol. The first-order valence-corrected chi connectivity index (χ1v) is 17.4. The number of unbranched alkanes of at least 4 members (excludes halogenated alkanes) is 3. The van der Waals surface area contributed by atoms with E-state index in [2.05, 4.69) is 41.3 Å². The fraction of sp³-hybridized carbons (Fsp3) is 0.600. The number of ether oxygens (including phenoxy) is 2. The third-order valence-corrected chi connectivity index (χ3v) is 10.1. The number of nitrogens with one attached hydrogen (secondary N) is 1. The molecular weight excluding hydrogens is 654 g/mol. The van der Waals surface area contributed by atoms with Crippen LogP contribution in [0.3, 0.4) is 0 Å². The maximum absolute atomic E-state index is 14.4. The SMILES string of the molecule is C=CCCC(=O)NC[C@@H](OC(=O)[C@@H]1[C@H]2O[C@@]3(CC2Br)[C@H](C(=O)N(CC=C)CCCC)N(CCCCCO)C(=O)[C@@H]13)c1ccccc1. The fourth-order valence-electron chi connectivity index (χ4n) is 7.10. The molecule has 0 aromatic heterocycles. The van der Waals surface area contributed by atoms with Gasteiger partial charge in [-0.15, -0.1) is 13.2 Å². The largest absolute Gasteiger partial charge is 0.455 e. The van der Waals surface area contributed by atoms with Crippen molar-refractivity contribution >= 4 is 39.6 Å². The lowest BCUT2D eigenvalue weighted by molar-refractivity contribution is -0.160. The normalized spacial score (nSPS) is 26.8. The number of esters is 1. The molecule has 3 amide bonds. The first-order valence-electron chi connectivity index (χ1n) is 16.5. The van der Waals surface area contributed by atoms with Crippen LogP contribution in [0.4, 0.5) is 0 Å². The number of allylic oxidation sites excluding steroid dienone is 1. The molecule has 1 spiro atoms. The number of rotatable bonds is 19. The molecule has 0 aliphatic carbocycles. The Kier molecular flexibility index (Phi) is 13.0. The molecule has 1 aromatic rings. The summed E-state index contributed by atoms with van der Waals surface area (Å²) in [6.07, 6.45) is 6.71. The summed E-state index contributed by atoms with van der Waals surface area (Å²) in [7, 11) is 0. The molecule has 3 fully saturated rings. The molecule has 3 aliphatic rings. The third kappa shape index (κ3) is 7.58. The van der Waals surface area contributed by atoms with Crippen LogP contribution in [-0.4, -0.2) is 94.0 Å². The standard InChI is InChI=1S/C35H48BrN3O7/c1-4-7-17-27(41)37-23-26(24-15-11-9-12-16-24)45-34(44)28-29-32(42)39(20-13-10-14-21-40)31(35(29)22-25(36)30(28)46-35)33(43)38(18-6-3)19-8-5-2/h4,6,9,11-12,15-16,25-26,28-31,40H,1,3,5,7-8,10,13-14,17-23H2,2H3,(H,37,41)/t25?,26-,28+,29-,30+,31+,35-/m1/s1. The molecule has 11 heteroatoms. The van der Waals surface area contributed by atoms with Crippen LogP contribution in [0.2, 0.25) is 0 Å². The maximum Gasteiger partial charge on any atom is 0.313 e. The van der Waals surface area contributed by atoms with Gasteiger partial charge in [0.05, 0.1) is 24.5 Å². The van der Waals surface area contributed by atoms with Crippen molar-refractivity contribution in [3.05, 3.63) is 61.2 Å². The Bertz CT molecular complexity index is 1250. The molecule has 3 saturated heterocycles. The smallest absolute Gasteiger partial charge is 0.313 e. The van der Waals surface area contributed by atoms with Crippen LogP contribution in [0.25, 0.3) is 0 Å². The maximum atomic E-state index is 14.4. The van der Waals surface area contributed by atoms with Gasteiger partial charge in [0.1, 0.15) is 17.7 Å². The van der Waals surface area contributed by atoms with E-state index in [1.54, 1.807) is 22.0 Å². The quantitative estimate of drug-likeness (QED) is 0.0964. The van der Waals surface area contributed by atoms with E-state index in [0.717, 1.165) is 12.8 Å². The molecular formula is C35H48BrN3O7. The minimum Gasteiger partial charge on any atom is -0.455 e. The molecule has 0 radical (unpaired) electrons. The van der Waals surface area contributed by atoms with Crippen LogP contribution >= 0.6 is 15.9 Å². The monoisotopic (exact) mass is 701 g/mol. The third-order valence-electron chi connectivity index (χ3n) is 9.29. The van der Waals surface area contributed by atoms with Crippen molar-refractivity contribution in [3.8, 4) is 0 Å². The van der Waals surface area contributed by atoms with Crippen LogP contribution < -0.4 is 5.32 Å². The molecule has 1 unspecified atom stereocenters. The highest BCUT2D eigenvalue weighted by Gasteiger charge is 2.77. The first kappa shape index (κ1) is 35.8. The average molecular weight is 703 g/mol. The molecule has 3 aliphatic heterocycles. The number of amides is 3. The molecule has 2 bridgehead atoms. The van der Waals surface area contributed by atoms with E-state index in [1.165, 1.54) is 0 Å². The summed E-state index contributed by atoms with van der Waals surface area (Å²) in [4.78, 5) is 58.4. The number of likely N-dealkylation sites (tertiary alicyclic amines) is 1. The summed E-state index contributed by atoms with van der Waals surface area (Å²) >= 11 is 3.72. The molecule has 46 heavy (non-hydrogen) atoms. The number of fused-ring (bicyclic) bond motifs is 1. The topological polar surface area (TPSA) is 125 Å². The lowest BCUT2D eigenvalue weighted by Crippen LogP contribution is -2.57. The molecule has 3 heterocycles. The van der Waals surface area contributed by atoms with Crippen molar-refractivity contribution < 1.29 is 33.8 Å². The molecule has 0 saturated carbocycles. The van der Waals surface area contributed by atoms with Crippen LogP contribution in [0, 0.1) is 11.8 Å². The lowest BCUT2D eigenvalue weighted by atomic mass is 9.70. The van der Waals surface area contributed by atoms with Gasteiger partial charge in [0.15, 0.2) is 0 Å². The zero-order chi connectivity index (χ0) is 33.3. The Morgan fingerprint density at radius 3 is 2.63 bits per heavy atom. The summed E-state index contributed by atoms with van der Waals surface area (Å²) in [6.45, 7) is 10.9. The molecule has 2 N–H and O–H groups in total. The number of carbonyl (C=O) groups is 4. The molecule has 7 atom stereocenters. The highest BCUT2D eigenvalue weighted by atomic mass is 79.9. The zero-order valence-corrected chi connectivity index (χ0v) is 28.4. The van der Waals surface area contributed by atoms with Crippen LogP contribution in [0.5, 0.6) is 0 Å². The molecule has 10 nitrogen and oxygen atoms in total. The number of aliphatic hydroxyl groups excluding tert-OH is 1.